The summed E-state index contributed by atoms with van der Waals surface area (Å²) in [6, 6.07) is 9.01. The molecule has 1 aliphatic heterocycles. The molecule has 0 atom stereocenters. The van der Waals surface area contributed by atoms with Gasteiger partial charge in [-0.2, -0.15) is 0 Å². The molecule has 2 aromatic heterocycles. The number of carbonyl (C=O) groups excluding carboxylic acids is 2. The lowest BCUT2D eigenvalue weighted by Crippen LogP contribution is -2.32. The predicted octanol–water partition coefficient (Wildman–Crippen LogP) is 2.58. The highest BCUT2D eigenvalue weighted by Gasteiger charge is 2.30. The van der Waals surface area contributed by atoms with Crippen LogP contribution in [0.5, 0.6) is 0 Å². The predicted molar refractivity (Wildman–Crippen MR) is 101 cm³/mol. The second kappa shape index (κ2) is 8.09. The Morgan fingerprint density at radius 1 is 1.17 bits per heavy atom. The number of aromatic nitrogens is 2. The van der Waals surface area contributed by atoms with Gasteiger partial charge < -0.3 is 14.6 Å². The summed E-state index contributed by atoms with van der Waals surface area (Å²) in [5, 5.41) is 2.74. The Balaban J connectivity index is 1.41. The van der Waals surface area contributed by atoms with E-state index in [4.69, 9.17) is 4.42 Å². The van der Waals surface area contributed by atoms with Crippen molar-refractivity contribution in [2.45, 2.75) is 13.1 Å². The number of hydrogen-bond donors (Lipinski definition) is 1. The summed E-state index contributed by atoms with van der Waals surface area (Å²) in [6.45, 7) is 1.59. The van der Waals surface area contributed by atoms with E-state index in [-0.39, 0.29) is 24.3 Å². The van der Waals surface area contributed by atoms with Crippen molar-refractivity contribution in [3.63, 3.8) is 0 Å². The summed E-state index contributed by atoms with van der Waals surface area (Å²) in [5.41, 5.74) is 1.85. The van der Waals surface area contributed by atoms with Crippen molar-refractivity contribution in [3.8, 4) is 0 Å². The van der Waals surface area contributed by atoms with Crippen LogP contribution in [0.3, 0.4) is 0 Å². The monoisotopic (exact) mass is 395 g/mol. The van der Waals surface area contributed by atoms with Gasteiger partial charge in [0.05, 0.1) is 12.2 Å². The quantitative estimate of drug-likeness (QED) is 0.693. The van der Waals surface area contributed by atoms with E-state index < -0.39 is 0 Å². The third kappa shape index (κ3) is 4.23. The second-order valence-corrected chi connectivity index (χ2v) is 6.55. The third-order valence-electron chi connectivity index (χ3n) is 4.58. The van der Waals surface area contributed by atoms with Crippen LogP contribution in [0, 0.1) is 5.82 Å². The minimum atomic E-state index is -0.314. The van der Waals surface area contributed by atoms with Crippen LogP contribution in [-0.2, 0) is 13.1 Å². The van der Waals surface area contributed by atoms with Crippen molar-refractivity contribution in [3.05, 3.63) is 77.9 Å². The minimum Gasteiger partial charge on any atom is -0.451 e. The van der Waals surface area contributed by atoms with E-state index >= 15 is 0 Å². The summed E-state index contributed by atoms with van der Waals surface area (Å²) >= 11 is 0. The summed E-state index contributed by atoms with van der Waals surface area (Å²) < 4.78 is 17.9. The molecule has 8 nitrogen and oxygen atoms in total. The highest BCUT2D eigenvalue weighted by molar-refractivity contribution is 5.97. The molecule has 3 aromatic rings. The molecule has 0 unspecified atom stereocenters. The summed E-state index contributed by atoms with van der Waals surface area (Å²) in [7, 11) is 0. The third-order valence-corrected chi connectivity index (χ3v) is 4.58. The van der Waals surface area contributed by atoms with Crippen molar-refractivity contribution < 1.29 is 18.4 Å². The zero-order valence-electron chi connectivity index (χ0n) is 15.4. The number of amides is 3. The molecule has 29 heavy (non-hydrogen) atoms. The largest absolute Gasteiger partial charge is 0.451 e. The van der Waals surface area contributed by atoms with Gasteiger partial charge in [-0.05, 0) is 29.8 Å². The van der Waals surface area contributed by atoms with Gasteiger partial charge >= 0.3 is 6.03 Å². The molecule has 1 saturated heterocycles. The van der Waals surface area contributed by atoms with E-state index in [1.807, 2.05) is 0 Å². The molecule has 0 saturated carbocycles. The molecule has 0 aliphatic carbocycles. The molecule has 0 bridgehead atoms. The molecule has 1 fully saturated rings. The van der Waals surface area contributed by atoms with E-state index in [9.17, 15) is 14.0 Å². The van der Waals surface area contributed by atoms with E-state index in [0.29, 0.717) is 36.7 Å². The number of urea groups is 1. The Bertz CT molecular complexity index is 1010. The van der Waals surface area contributed by atoms with Crippen molar-refractivity contribution in [2.24, 2.45) is 0 Å². The van der Waals surface area contributed by atoms with Crippen molar-refractivity contribution in [1.29, 1.82) is 0 Å². The Labute approximate surface area is 166 Å². The van der Waals surface area contributed by atoms with Crippen molar-refractivity contribution in [2.75, 3.05) is 18.0 Å². The van der Waals surface area contributed by atoms with E-state index in [1.54, 1.807) is 29.2 Å². The van der Waals surface area contributed by atoms with Gasteiger partial charge in [0.25, 0.3) is 5.91 Å². The van der Waals surface area contributed by atoms with Gasteiger partial charge in [0.2, 0.25) is 0 Å². The van der Waals surface area contributed by atoms with Crippen LogP contribution in [0.15, 0.2) is 59.7 Å². The number of halogens is 1. The maximum atomic E-state index is 13.1. The molecular formula is C20H18FN5O3. The van der Waals surface area contributed by atoms with Crippen LogP contribution in [0.25, 0.3) is 0 Å². The van der Waals surface area contributed by atoms with Crippen LogP contribution in [0.1, 0.15) is 21.6 Å². The number of nitrogens with zero attached hydrogens (tertiary/aromatic N) is 4. The standard InChI is InChI=1S/C20H18FN5O3/c21-16-3-1-14(2-4-16)11-25-7-8-26(20(25)28)18-9-15(5-6-22-18)19(27)23-10-17-12-29-13-24-17/h1-6,9,12-13H,7-8,10-11H2,(H,23,27). The van der Waals surface area contributed by atoms with Gasteiger partial charge in [-0.3, -0.25) is 9.69 Å². The first-order valence-corrected chi connectivity index (χ1v) is 9.02. The molecule has 0 radical (unpaired) electrons. The zero-order valence-corrected chi connectivity index (χ0v) is 15.4. The number of anilines is 1. The molecule has 9 heteroatoms. The first-order valence-electron chi connectivity index (χ1n) is 9.02. The van der Waals surface area contributed by atoms with E-state index in [2.05, 4.69) is 15.3 Å². The number of pyridine rings is 1. The number of rotatable bonds is 6. The maximum Gasteiger partial charge on any atom is 0.326 e. The van der Waals surface area contributed by atoms with Crippen LogP contribution in [0.2, 0.25) is 0 Å². The number of hydrogen-bond acceptors (Lipinski definition) is 5. The lowest BCUT2D eigenvalue weighted by Gasteiger charge is -2.18. The molecule has 1 aromatic carbocycles. The Morgan fingerprint density at radius 2 is 2.00 bits per heavy atom. The van der Waals surface area contributed by atoms with Crippen LogP contribution in [0.4, 0.5) is 15.0 Å². The van der Waals surface area contributed by atoms with Crippen LogP contribution in [-0.4, -0.2) is 39.9 Å². The summed E-state index contributed by atoms with van der Waals surface area (Å²) in [4.78, 5) is 36.5. The number of oxazole rings is 1. The minimum absolute atomic E-state index is 0.206. The molecule has 0 spiro atoms. The van der Waals surface area contributed by atoms with Crippen LogP contribution >= 0.6 is 0 Å². The average molecular weight is 395 g/mol. The molecule has 4 rings (SSSR count). The fraction of sp³-hybridized carbons (Fsp3) is 0.200. The van der Waals surface area contributed by atoms with E-state index in [1.165, 1.54) is 35.9 Å². The van der Waals surface area contributed by atoms with Crippen molar-refractivity contribution in [1.82, 2.24) is 20.2 Å². The SMILES string of the molecule is O=C(NCc1cocn1)c1ccnc(N2CCN(Cc3ccc(F)cc3)C2=O)c1. The average Bonchev–Trinajstić information content (AvgIpc) is 3.38. The van der Waals surface area contributed by atoms with Crippen LogP contribution < -0.4 is 10.2 Å². The molecule has 148 valence electrons. The fourth-order valence-corrected chi connectivity index (χ4v) is 3.06. The zero-order chi connectivity index (χ0) is 20.2. The number of benzene rings is 1. The van der Waals surface area contributed by atoms with Gasteiger partial charge in [-0.25, -0.2) is 19.2 Å². The normalized spacial score (nSPS) is 13.8. The summed E-state index contributed by atoms with van der Waals surface area (Å²) in [6.07, 6.45) is 4.25. The molecule has 3 heterocycles. The second-order valence-electron chi connectivity index (χ2n) is 6.55. The highest BCUT2D eigenvalue weighted by atomic mass is 19.1. The molecule has 1 aliphatic rings. The molecule has 3 amide bonds. The van der Waals surface area contributed by atoms with Gasteiger partial charge in [-0.1, -0.05) is 12.1 Å². The topological polar surface area (TPSA) is 91.6 Å². The van der Waals surface area contributed by atoms with Gasteiger partial charge in [-0.15, -0.1) is 0 Å². The van der Waals surface area contributed by atoms with Gasteiger partial charge in [0.1, 0.15) is 17.9 Å². The number of nitrogens with one attached hydrogen (secondary N) is 1. The van der Waals surface area contributed by atoms with Gasteiger partial charge in [0, 0.05) is 31.4 Å². The first kappa shape index (κ1) is 18.6. The van der Waals surface area contributed by atoms with Gasteiger partial charge in [0.15, 0.2) is 6.39 Å². The van der Waals surface area contributed by atoms with Crippen molar-refractivity contribution >= 4 is 17.8 Å². The Morgan fingerprint density at radius 3 is 2.76 bits per heavy atom. The first-order chi connectivity index (χ1) is 14.1. The molecular weight excluding hydrogens is 377 g/mol. The van der Waals surface area contributed by atoms with E-state index in [0.717, 1.165) is 5.56 Å². The molecule has 1 N–H and O–H groups in total. The fourth-order valence-electron chi connectivity index (χ4n) is 3.06. The lowest BCUT2D eigenvalue weighted by molar-refractivity contribution is 0.0950. The smallest absolute Gasteiger partial charge is 0.326 e. The maximum absolute atomic E-state index is 13.1. The Kier molecular flexibility index (Phi) is 5.19. The highest BCUT2D eigenvalue weighted by Crippen LogP contribution is 2.21. The number of carbonyl (C=O) groups is 2. The lowest BCUT2D eigenvalue weighted by atomic mass is 10.2. The summed E-state index contributed by atoms with van der Waals surface area (Å²) in [5.74, 6) is -0.205. The Hall–Kier alpha value is -3.75.